The van der Waals surface area contributed by atoms with Crippen molar-refractivity contribution < 1.29 is 14.3 Å². The minimum atomic E-state index is -0.132. The molecular weight excluding hydrogens is 316 g/mol. The van der Waals surface area contributed by atoms with Gasteiger partial charge in [-0.2, -0.15) is 0 Å². The van der Waals surface area contributed by atoms with E-state index in [1.165, 1.54) is 0 Å². The maximum absolute atomic E-state index is 12.2. The van der Waals surface area contributed by atoms with Gasteiger partial charge in [-0.25, -0.2) is 0 Å². The molecule has 0 radical (unpaired) electrons. The molecule has 0 aliphatic carbocycles. The van der Waals surface area contributed by atoms with Gasteiger partial charge in [-0.05, 0) is 37.1 Å². The van der Waals surface area contributed by atoms with Crippen molar-refractivity contribution in [1.82, 2.24) is 0 Å². The van der Waals surface area contributed by atoms with Crippen molar-refractivity contribution in [3.05, 3.63) is 48.5 Å². The molecule has 25 heavy (non-hydrogen) atoms. The van der Waals surface area contributed by atoms with E-state index in [1.807, 2.05) is 49.4 Å². The maximum atomic E-state index is 12.2. The van der Waals surface area contributed by atoms with Crippen LogP contribution in [0.15, 0.2) is 48.5 Å². The smallest absolute Gasteiger partial charge is 0.243 e. The Labute approximate surface area is 149 Å². The van der Waals surface area contributed by atoms with Crippen LogP contribution in [0.2, 0.25) is 0 Å². The normalized spacial score (nSPS) is 10.4. The number of nitrogens with one attached hydrogen (secondary N) is 2. The molecule has 0 saturated heterocycles. The standard InChI is InChI=1S/C20H26N2O3/c1-4-24-17-9-7-8-16(12-17)22-20(23)13-21-18-10-5-6-11-19(18)25-14-15(2)3/h5-12,15,21H,4,13-14H2,1-3H3,(H,22,23). The van der Waals surface area contributed by atoms with Crippen LogP contribution in [0.3, 0.4) is 0 Å². The van der Waals surface area contributed by atoms with E-state index < -0.39 is 0 Å². The summed E-state index contributed by atoms with van der Waals surface area (Å²) in [5, 5.41) is 5.99. The highest BCUT2D eigenvalue weighted by Gasteiger charge is 2.07. The lowest BCUT2D eigenvalue weighted by molar-refractivity contribution is -0.114. The van der Waals surface area contributed by atoms with Crippen LogP contribution in [0.25, 0.3) is 0 Å². The molecule has 2 rings (SSSR count). The summed E-state index contributed by atoms with van der Waals surface area (Å²) in [6, 6.07) is 15.0. The van der Waals surface area contributed by atoms with Crippen LogP contribution >= 0.6 is 0 Å². The average molecular weight is 342 g/mol. The van der Waals surface area contributed by atoms with Crippen molar-refractivity contribution in [3.8, 4) is 11.5 Å². The Morgan fingerprint density at radius 1 is 1.08 bits per heavy atom. The second-order valence-electron chi connectivity index (χ2n) is 6.06. The van der Waals surface area contributed by atoms with Crippen molar-refractivity contribution in [3.63, 3.8) is 0 Å². The van der Waals surface area contributed by atoms with Crippen molar-refractivity contribution in [1.29, 1.82) is 0 Å². The number of amides is 1. The molecule has 0 spiro atoms. The SMILES string of the molecule is CCOc1cccc(NC(=O)CNc2ccccc2OCC(C)C)c1. The first-order valence-electron chi connectivity index (χ1n) is 8.57. The molecule has 0 aliphatic heterocycles. The Hall–Kier alpha value is -2.69. The van der Waals surface area contributed by atoms with Gasteiger partial charge in [0, 0.05) is 11.8 Å². The number of hydrogen-bond donors (Lipinski definition) is 2. The molecule has 0 saturated carbocycles. The molecule has 0 fully saturated rings. The van der Waals surface area contributed by atoms with Crippen LogP contribution in [0.5, 0.6) is 11.5 Å². The monoisotopic (exact) mass is 342 g/mol. The van der Waals surface area contributed by atoms with E-state index in [2.05, 4.69) is 24.5 Å². The summed E-state index contributed by atoms with van der Waals surface area (Å²) in [5.41, 5.74) is 1.52. The van der Waals surface area contributed by atoms with Crippen molar-refractivity contribution in [2.24, 2.45) is 5.92 Å². The topological polar surface area (TPSA) is 59.6 Å². The van der Waals surface area contributed by atoms with Gasteiger partial charge in [0.2, 0.25) is 5.91 Å². The molecule has 5 heteroatoms. The van der Waals surface area contributed by atoms with Gasteiger partial charge in [0.25, 0.3) is 0 Å². The van der Waals surface area contributed by atoms with Crippen LogP contribution in [0.4, 0.5) is 11.4 Å². The number of benzene rings is 2. The second kappa shape index (κ2) is 9.57. The van der Waals surface area contributed by atoms with Gasteiger partial charge in [-0.3, -0.25) is 4.79 Å². The largest absolute Gasteiger partial charge is 0.494 e. The lowest BCUT2D eigenvalue weighted by atomic mass is 10.2. The zero-order valence-corrected chi connectivity index (χ0v) is 15.0. The van der Waals surface area contributed by atoms with Crippen molar-refractivity contribution in [2.45, 2.75) is 20.8 Å². The van der Waals surface area contributed by atoms with Gasteiger partial charge < -0.3 is 20.1 Å². The first kappa shape index (κ1) is 18.6. The summed E-state index contributed by atoms with van der Waals surface area (Å²) in [6.45, 7) is 7.50. The molecule has 0 aliphatic rings. The molecule has 0 bridgehead atoms. The molecule has 0 atom stereocenters. The number of para-hydroxylation sites is 2. The fraction of sp³-hybridized carbons (Fsp3) is 0.350. The molecule has 134 valence electrons. The minimum Gasteiger partial charge on any atom is -0.494 e. The lowest BCUT2D eigenvalue weighted by Crippen LogP contribution is -2.22. The third kappa shape index (κ3) is 6.37. The summed E-state index contributed by atoms with van der Waals surface area (Å²) < 4.78 is 11.2. The summed E-state index contributed by atoms with van der Waals surface area (Å²) in [6.07, 6.45) is 0. The van der Waals surface area contributed by atoms with E-state index in [0.29, 0.717) is 24.8 Å². The number of anilines is 2. The fourth-order valence-corrected chi connectivity index (χ4v) is 2.21. The van der Waals surface area contributed by atoms with Crippen LogP contribution in [-0.4, -0.2) is 25.7 Å². The molecule has 0 unspecified atom stereocenters. The zero-order chi connectivity index (χ0) is 18.1. The molecular formula is C20H26N2O3. The third-order valence-electron chi connectivity index (χ3n) is 3.33. The van der Waals surface area contributed by atoms with E-state index in [-0.39, 0.29) is 12.5 Å². The number of rotatable bonds is 9. The summed E-state index contributed by atoms with van der Waals surface area (Å²) in [7, 11) is 0. The van der Waals surface area contributed by atoms with Crippen molar-refractivity contribution >= 4 is 17.3 Å². The highest BCUT2D eigenvalue weighted by Crippen LogP contribution is 2.24. The van der Waals surface area contributed by atoms with E-state index in [1.54, 1.807) is 6.07 Å². The Balaban J connectivity index is 1.91. The Morgan fingerprint density at radius 2 is 1.88 bits per heavy atom. The van der Waals surface area contributed by atoms with E-state index in [0.717, 1.165) is 17.2 Å². The minimum absolute atomic E-state index is 0.132. The predicted octanol–water partition coefficient (Wildman–Crippen LogP) is 4.17. The molecule has 0 aromatic heterocycles. The molecule has 5 nitrogen and oxygen atoms in total. The van der Waals surface area contributed by atoms with Gasteiger partial charge in [-0.15, -0.1) is 0 Å². The molecule has 2 N–H and O–H groups in total. The molecule has 0 heterocycles. The first-order chi connectivity index (χ1) is 12.1. The Kier molecular flexibility index (Phi) is 7.14. The summed E-state index contributed by atoms with van der Waals surface area (Å²) in [5.74, 6) is 1.80. The van der Waals surface area contributed by atoms with Crippen LogP contribution in [0.1, 0.15) is 20.8 Å². The number of carbonyl (C=O) groups excluding carboxylic acids is 1. The van der Waals surface area contributed by atoms with Gasteiger partial charge in [0.1, 0.15) is 11.5 Å². The van der Waals surface area contributed by atoms with Crippen LogP contribution in [0, 0.1) is 5.92 Å². The quantitative estimate of drug-likeness (QED) is 0.718. The lowest BCUT2D eigenvalue weighted by Gasteiger charge is -2.14. The Bertz CT molecular complexity index is 686. The number of ether oxygens (including phenoxy) is 2. The fourth-order valence-electron chi connectivity index (χ4n) is 2.21. The third-order valence-corrected chi connectivity index (χ3v) is 3.33. The highest BCUT2D eigenvalue weighted by molar-refractivity contribution is 5.94. The van der Waals surface area contributed by atoms with Gasteiger partial charge >= 0.3 is 0 Å². The van der Waals surface area contributed by atoms with Crippen molar-refractivity contribution in [2.75, 3.05) is 30.4 Å². The van der Waals surface area contributed by atoms with E-state index >= 15 is 0 Å². The highest BCUT2D eigenvalue weighted by atomic mass is 16.5. The Morgan fingerprint density at radius 3 is 2.64 bits per heavy atom. The number of hydrogen-bond acceptors (Lipinski definition) is 4. The van der Waals surface area contributed by atoms with Crippen LogP contribution in [-0.2, 0) is 4.79 Å². The predicted molar refractivity (Wildman–Crippen MR) is 102 cm³/mol. The number of carbonyl (C=O) groups is 1. The van der Waals surface area contributed by atoms with Gasteiger partial charge in [0.15, 0.2) is 0 Å². The zero-order valence-electron chi connectivity index (χ0n) is 15.0. The summed E-state index contributed by atoms with van der Waals surface area (Å²) in [4.78, 5) is 12.2. The second-order valence-corrected chi connectivity index (χ2v) is 6.06. The van der Waals surface area contributed by atoms with E-state index in [9.17, 15) is 4.79 Å². The first-order valence-corrected chi connectivity index (χ1v) is 8.57. The summed E-state index contributed by atoms with van der Waals surface area (Å²) >= 11 is 0. The van der Waals surface area contributed by atoms with Crippen LogP contribution < -0.4 is 20.1 Å². The van der Waals surface area contributed by atoms with Gasteiger partial charge in [0.05, 0.1) is 25.4 Å². The van der Waals surface area contributed by atoms with Gasteiger partial charge in [-0.1, -0.05) is 32.0 Å². The molecule has 1 amide bonds. The molecule has 2 aromatic rings. The molecule has 2 aromatic carbocycles. The maximum Gasteiger partial charge on any atom is 0.243 e. The average Bonchev–Trinajstić information content (AvgIpc) is 2.59. The van der Waals surface area contributed by atoms with E-state index in [4.69, 9.17) is 9.47 Å².